The van der Waals surface area contributed by atoms with Crippen LogP contribution in [0.5, 0.6) is 0 Å². The number of anilines is 1. The van der Waals surface area contributed by atoms with E-state index in [0.717, 1.165) is 15.7 Å². The average molecular weight is 344 g/mol. The Morgan fingerprint density at radius 1 is 1.53 bits per heavy atom. The average Bonchev–Trinajstić information content (AvgIpc) is 2.26. The third-order valence-corrected chi connectivity index (χ3v) is 3.34. The molecular formula is C13H18BrN3OS. The molecule has 6 heteroatoms. The highest BCUT2D eigenvalue weighted by atomic mass is 79.9. The maximum absolute atomic E-state index is 11.7. The number of amides is 1. The smallest absolute Gasteiger partial charge is 0.239 e. The number of nitrogens with zero attached hydrogens (tertiary/aromatic N) is 1. The van der Waals surface area contributed by atoms with Gasteiger partial charge in [0.05, 0.1) is 12.2 Å². The van der Waals surface area contributed by atoms with Gasteiger partial charge in [-0.05, 0) is 48.0 Å². The van der Waals surface area contributed by atoms with Gasteiger partial charge in [0.15, 0.2) is 0 Å². The normalized spacial score (nSPS) is 10.4. The van der Waals surface area contributed by atoms with Crippen LogP contribution >= 0.6 is 28.1 Å². The predicted molar refractivity (Wildman–Crippen MR) is 86.6 cm³/mol. The number of halogens is 1. The zero-order valence-electron chi connectivity index (χ0n) is 11.2. The molecule has 0 heterocycles. The lowest BCUT2D eigenvalue weighted by Gasteiger charge is -2.21. The number of rotatable bonds is 5. The lowest BCUT2D eigenvalue weighted by atomic mass is 10.2. The Bertz CT molecular complexity index is 491. The van der Waals surface area contributed by atoms with Gasteiger partial charge in [0.2, 0.25) is 5.91 Å². The maximum atomic E-state index is 11.7. The molecule has 0 saturated heterocycles. The van der Waals surface area contributed by atoms with Crippen molar-refractivity contribution in [1.29, 1.82) is 0 Å². The minimum atomic E-state index is -0.0113. The van der Waals surface area contributed by atoms with E-state index in [4.69, 9.17) is 18.0 Å². The molecule has 4 nitrogen and oxygen atoms in total. The molecule has 0 aromatic heterocycles. The van der Waals surface area contributed by atoms with Crippen molar-refractivity contribution in [2.24, 2.45) is 5.73 Å². The van der Waals surface area contributed by atoms with Gasteiger partial charge in [0, 0.05) is 23.1 Å². The number of hydrogen-bond donors (Lipinski definition) is 2. The second-order valence-corrected chi connectivity index (χ2v) is 5.90. The van der Waals surface area contributed by atoms with Crippen molar-refractivity contribution in [3.05, 3.63) is 28.2 Å². The highest BCUT2D eigenvalue weighted by Gasteiger charge is 2.11. The summed E-state index contributed by atoms with van der Waals surface area (Å²) in [6.07, 6.45) is 0. The van der Waals surface area contributed by atoms with E-state index in [-0.39, 0.29) is 11.9 Å². The number of hydrogen-bond acceptors (Lipinski definition) is 3. The Balaban J connectivity index is 2.80. The second kappa shape index (κ2) is 6.86. The molecule has 0 atom stereocenters. The van der Waals surface area contributed by atoms with Gasteiger partial charge in [0.25, 0.3) is 0 Å². The van der Waals surface area contributed by atoms with Crippen LogP contribution in [-0.4, -0.2) is 30.5 Å². The lowest BCUT2D eigenvalue weighted by Crippen LogP contribution is -2.38. The van der Waals surface area contributed by atoms with Crippen molar-refractivity contribution in [2.45, 2.75) is 19.9 Å². The molecule has 1 aromatic carbocycles. The lowest BCUT2D eigenvalue weighted by molar-refractivity contribution is -0.120. The second-order valence-electron chi connectivity index (χ2n) is 4.61. The first-order chi connectivity index (χ1) is 8.81. The third kappa shape index (κ3) is 4.80. The summed E-state index contributed by atoms with van der Waals surface area (Å²) in [6, 6.07) is 5.73. The van der Waals surface area contributed by atoms with Crippen molar-refractivity contribution in [1.82, 2.24) is 5.32 Å². The number of likely N-dealkylation sites (N-methyl/N-ethyl adjacent to an activating group) is 1. The van der Waals surface area contributed by atoms with Crippen LogP contribution in [0.2, 0.25) is 0 Å². The molecule has 0 aliphatic carbocycles. The molecule has 0 bridgehead atoms. The number of thiocarbonyl (C=S) groups is 1. The van der Waals surface area contributed by atoms with Crippen LogP contribution in [0.4, 0.5) is 5.69 Å². The molecule has 0 spiro atoms. The van der Waals surface area contributed by atoms with Gasteiger partial charge in [-0.1, -0.05) is 12.2 Å². The Morgan fingerprint density at radius 3 is 2.63 bits per heavy atom. The molecule has 3 N–H and O–H groups in total. The molecule has 0 aliphatic heterocycles. The monoisotopic (exact) mass is 343 g/mol. The summed E-state index contributed by atoms with van der Waals surface area (Å²) >= 11 is 8.40. The molecule has 0 fully saturated rings. The van der Waals surface area contributed by atoms with E-state index in [2.05, 4.69) is 21.2 Å². The Morgan fingerprint density at radius 2 is 2.16 bits per heavy atom. The minimum absolute atomic E-state index is 0.0113. The maximum Gasteiger partial charge on any atom is 0.239 e. The fourth-order valence-electron chi connectivity index (χ4n) is 1.64. The van der Waals surface area contributed by atoms with Crippen molar-refractivity contribution < 1.29 is 4.79 Å². The molecule has 104 valence electrons. The van der Waals surface area contributed by atoms with Gasteiger partial charge < -0.3 is 16.0 Å². The van der Waals surface area contributed by atoms with Gasteiger partial charge in [-0.25, -0.2) is 0 Å². The van der Waals surface area contributed by atoms with Crippen LogP contribution in [-0.2, 0) is 4.79 Å². The standard InChI is InChI=1S/C13H18BrN3OS/c1-8(2)16-12(18)7-17(3)11-5-4-9(13(15)19)6-10(11)14/h4-6,8H,7H2,1-3H3,(H2,15,19)(H,16,18). The van der Waals surface area contributed by atoms with E-state index in [1.165, 1.54) is 0 Å². The van der Waals surface area contributed by atoms with Crippen molar-refractivity contribution in [2.75, 3.05) is 18.5 Å². The van der Waals surface area contributed by atoms with Crippen molar-refractivity contribution in [3.63, 3.8) is 0 Å². The molecule has 1 amide bonds. The number of carbonyl (C=O) groups is 1. The van der Waals surface area contributed by atoms with Crippen LogP contribution in [0.3, 0.4) is 0 Å². The minimum Gasteiger partial charge on any atom is -0.389 e. The summed E-state index contributed by atoms with van der Waals surface area (Å²) in [5.74, 6) is -0.0113. The van der Waals surface area contributed by atoms with Gasteiger partial charge in [0.1, 0.15) is 4.99 Å². The SMILES string of the molecule is CC(C)NC(=O)CN(C)c1ccc(C(N)=S)cc1Br. The molecule has 0 unspecified atom stereocenters. The summed E-state index contributed by atoms with van der Waals surface area (Å²) in [5.41, 5.74) is 7.29. The molecule has 19 heavy (non-hydrogen) atoms. The Hall–Kier alpha value is -1.14. The summed E-state index contributed by atoms with van der Waals surface area (Å²) in [7, 11) is 1.86. The molecule has 1 aromatic rings. The molecule has 0 saturated carbocycles. The van der Waals surface area contributed by atoms with E-state index in [1.54, 1.807) is 0 Å². The van der Waals surface area contributed by atoms with Crippen LogP contribution in [0.25, 0.3) is 0 Å². The van der Waals surface area contributed by atoms with Crippen molar-refractivity contribution >= 4 is 44.7 Å². The molecule has 0 aliphatic rings. The summed E-state index contributed by atoms with van der Waals surface area (Å²) in [4.78, 5) is 13.9. The number of benzene rings is 1. The van der Waals surface area contributed by atoms with Gasteiger partial charge in [-0.3, -0.25) is 4.79 Å². The predicted octanol–water partition coefficient (Wildman–Crippen LogP) is 2.04. The van der Waals surface area contributed by atoms with Crippen LogP contribution in [0.15, 0.2) is 22.7 Å². The Labute approximate surface area is 127 Å². The van der Waals surface area contributed by atoms with Crippen LogP contribution in [0, 0.1) is 0 Å². The number of nitrogens with one attached hydrogen (secondary N) is 1. The van der Waals surface area contributed by atoms with Crippen molar-refractivity contribution in [3.8, 4) is 0 Å². The van der Waals surface area contributed by atoms with E-state index < -0.39 is 0 Å². The summed E-state index contributed by atoms with van der Waals surface area (Å²) in [5, 5.41) is 2.86. The van der Waals surface area contributed by atoms with Gasteiger partial charge >= 0.3 is 0 Å². The highest BCUT2D eigenvalue weighted by Crippen LogP contribution is 2.26. The number of carbonyl (C=O) groups excluding carboxylic acids is 1. The van der Waals surface area contributed by atoms with Gasteiger partial charge in [-0.2, -0.15) is 0 Å². The van der Waals surface area contributed by atoms with Gasteiger partial charge in [-0.15, -0.1) is 0 Å². The third-order valence-electron chi connectivity index (χ3n) is 2.47. The van der Waals surface area contributed by atoms with E-state index in [9.17, 15) is 4.79 Å². The topological polar surface area (TPSA) is 58.4 Å². The highest BCUT2D eigenvalue weighted by molar-refractivity contribution is 9.10. The molecule has 0 radical (unpaired) electrons. The largest absolute Gasteiger partial charge is 0.389 e. The first-order valence-corrected chi connectivity index (χ1v) is 7.11. The fraction of sp³-hybridized carbons (Fsp3) is 0.385. The fourth-order valence-corrected chi connectivity index (χ4v) is 2.45. The molecule has 1 rings (SSSR count). The first kappa shape index (κ1) is 15.9. The zero-order chi connectivity index (χ0) is 14.6. The zero-order valence-corrected chi connectivity index (χ0v) is 13.6. The van der Waals surface area contributed by atoms with E-state index in [0.29, 0.717) is 11.5 Å². The quantitative estimate of drug-likeness (QED) is 0.803. The van der Waals surface area contributed by atoms with Crippen LogP contribution in [0.1, 0.15) is 19.4 Å². The summed E-state index contributed by atoms with van der Waals surface area (Å²) < 4.78 is 0.859. The summed E-state index contributed by atoms with van der Waals surface area (Å²) in [6.45, 7) is 4.17. The molecular weight excluding hydrogens is 326 g/mol. The van der Waals surface area contributed by atoms with E-state index >= 15 is 0 Å². The Kier molecular flexibility index (Phi) is 5.75. The van der Waals surface area contributed by atoms with E-state index in [1.807, 2.05) is 44.0 Å². The number of nitrogens with two attached hydrogens (primary N) is 1. The first-order valence-electron chi connectivity index (χ1n) is 5.91. The van der Waals surface area contributed by atoms with Crippen LogP contribution < -0.4 is 16.0 Å².